The number of H-pyrrole nitrogens is 2. The maximum absolute atomic E-state index is 6.16. The van der Waals surface area contributed by atoms with Gasteiger partial charge in [0.25, 0.3) is 0 Å². The van der Waals surface area contributed by atoms with Gasteiger partial charge in [-0.3, -0.25) is 0 Å². The summed E-state index contributed by atoms with van der Waals surface area (Å²) in [4.78, 5) is 16.6. The number of aromatic amines is 2. The summed E-state index contributed by atoms with van der Waals surface area (Å²) in [6.07, 6.45) is 6.30. The van der Waals surface area contributed by atoms with E-state index in [9.17, 15) is 0 Å². The summed E-state index contributed by atoms with van der Waals surface area (Å²) in [5, 5.41) is 0. The van der Waals surface area contributed by atoms with Gasteiger partial charge < -0.3 is 14.7 Å². The van der Waals surface area contributed by atoms with Crippen molar-refractivity contribution in [1.82, 2.24) is 19.9 Å². The molecule has 2 heterocycles. The van der Waals surface area contributed by atoms with Crippen LogP contribution in [-0.4, -0.2) is 19.9 Å². The minimum Gasteiger partial charge on any atom is -0.462 e. The molecule has 0 saturated heterocycles. The van der Waals surface area contributed by atoms with Crippen LogP contribution in [0.5, 0.6) is 5.75 Å². The average Bonchev–Trinajstić information content (AvgIpc) is 3.52. The van der Waals surface area contributed by atoms with Gasteiger partial charge in [0.15, 0.2) is 0 Å². The maximum Gasteiger partial charge on any atom is 0.138 e. The van der Waals surface area contributed by atoms with Crippen LogP contribution in [0.4, 0.5) is 0 Å². The number of benzene rings is 3. The summed E-state index contributed by atoms with van der Waals surface area (Å²) in [7, 11) is 0. The Bertz CT molecular complexity index is 1730. The molecule has 0 atom stereocenters. The molecule has 198 valence electrons. The summed E-state index contributed by atoms with van der Waals surface area (Å²) >= 11 is 0. The van der Waals surface area contributed by atoms with Gasteiger partial charge in [-0.15, -0.1) is 0 Å². The molecular weight excluding hydrogens is 480 g/mol. The van der Waals surface area contributed by atoms with Crippen molar-refractivity contribution in [2.45, 2.75) is 59.8 Å². The van der Waals surface area contributed by atoms with Gasteiger partial charge in [0.1, 0.15) is 23.2 Å². The molecule has 0 aliphatic heterocycles. The number of imidazole rings is 2. The third-order valence-corrected chi connectivity index (χ3v) is 7.46. The van der Waals surface area contributed by atoms with Crippen LogP contribution in [0.15, 0.2) is 84.1 Å². The summed E-state index contributed by atoms with van der Waals surface area (Å²) in [5.74, 6) is 3.71. The van der Waals surface area contributed by atoms with Gasteiger partial charge >= 0.3 is 0 Å². The molecule has 0 bridgehead atoms. The Hall–Kier alpha value is -4.12. The number of fused-ring (bicyclic) bond motifs is 2. The first-order valence-corrected chi connectivity index (χ1v) is 13.7. The Morgan fingerprint density at radius 1 is 0.641 bits per heavy atom. The van der Waals surface area contributed by atoms with Crippen LogP contribution in [0.1, 0.15) is 60.2 Å². The van der Waals surface area contributed by atoms with Gasteiger partial charge in [-0.1, -0.05) is 65.3 Å². The summed E-state index contributed by atoms with van der Waals surface area (Å²) in [6.45, 7) is 13.3. The quantitative estimate of drug-likeness (QED) is 0.250. The van der Waals surface area contributed by atoms with Crippen LogP contribution >= 0.6 is 0 Å². The van der Waals surface area contributed by atoms with Crippen LogP contribution < -0.4 is 4.74 Å². The van der Waals surface area contributed by atoms with Gasteiger partial charge in [0.05, 0.1) is 22.1 Å². The van der Waals surface area contributed by atoms with Crippen molar-refractivity contribution in [1.29, 1.82) is 0 Å². The number of nitrogens with one attached hydrogen (secondary N) is 2. The van der Waals surface area contributed by atoms with E-state index in [1.54, 1.807) is 0 Å². The molecule has 5 nitrogen and oxygen atoms in total. The molecule has 0 saturated carbocycles. The van der Waals surface area contributed by atoms with Crippen molar-refractivity contribution in [3.8, 4) is 28.3 Å². The normalized spacial score (nSPS) is 14.5. The first-order valence-electron chi connectivity index (χ1n) is 13.7. The smallest absolute Gasteiger partial charge is 0.138 e. The largest absolute Gasteiger partial charge is 0.462 e. The van der Waals surface area contributed by atoms with Gasteiger partial charge in [0.2, 0.25) is 0 Å². The van der Waals surface area contributed by atoms with E-state index in [4.69, 9.17) is 14.7 Å². The highest BCUT2D eigenvalue weighted by molar-refractivity contribution is 5.87. The molecule has 0 radical (unpaired) electrons. The molecule has 2 N–H and O–H groups in total. The number of nitrogens with zero attached hydrogens (tertiary/aromatic N) is 2. The number of ether oxygens (including phenoxy) is 1. The van der Waals surface area contributed by atoms with Crippen LogP contribution in [-0.2, 0) is 5.41 Å². The van der Waals surface area contributed by atoms with Crippen molar-refractivity contribution in [2.24, 2.45) is 5.41 Å². The summed E-state index contributed by atoms with van der Waals surface area (Å²) < 4.78 is 6.16. The molecule has 0 fully saturated rings. The molecule has 1 aliphatic carbocycles. The second-order valence-electron chi connectivity index (χ2n) is 12.6. The summed E-state index contributed by atoms with van der Waals surface area (Å²) in [6, 6.07) is 20.9. The van der Waals surface area contributed by atoms with E-state index in [-0.39, 0.29) is 10.8 Å². The van der Waals surface area contributed by atoms with Crippen molar-refractivity contribution >= 4 is 22.1 Å². The Kier molecular flexibility index (Phi) is 5.98. The molecule has 3 aromatic carbocycles. The van der Waals surface area contributed by atoms with Crippen molar-refractivity contribution in [2.75, 3.05) is 0 Å². The standard InChI is InChI=1S/C34H36N4O/c1-33(2,3)24-11-15-26(16-12-24)39-25-13-7-21(8-14-25)31-35-27-17-9-22(19-29(27)36-31)23-10-18-28-30(20-23)38-32(37-28)34(4,5)6/h7-11,13-15,17-20H,12,16H2,1-6H3,(H,35,36)(H,37,38). The second kappa shape index (κ2) is 9.26. The minimum atomic E-state index is -0.0185. The van der Waals surface area contributed by atoms with Crippen LogP contribution in [0.25, 0.3) is 44.6 Å². The number of hydrogen-bond acceptors (Lipinski definition) is 3. The molecule has 0 spiro atoms. The minimum absolute atomic E-state index is 0.0185. The highest BCUT2D eigenvalue weighted by Crippen LogP contribution is 2.34. The fourth-order valence-corrected chi connectivity index (χ4v) is 5.03. The van der Waals surface area contributed by atoms with E-state index in [1.165, 1.54) is 5.57 Å². The predicted molar refractivity (Wildman–Crippen MR) is 161 cm³/mol. The van der Waals surface area contributed by atoms with E-state index in [0.717, 1.165) is 74.8 Å². The highest BCUT2D eigenvalue weighted by Gasteiger charge is 2.20. The Labute approximate surface area is 230 Å². The topological polar surface area (TPSA) is 66.6 Å². The van der Waals surface area contributed by atoms with Crippen LogP contribution in [0.3, 0.4) is 0 Å². The van der Waals surface area contributed by atoms with Gasteiger partial charge in [-0.2, -0.15) is 0 Å². The molecule has 0 unspecified atom stereocenters. The first kappa shape index (κ1) is 25.2. The van der Waals surface area contributed by atoms with Gasteiger partial charge in [0, 0.05) is 17.4 Å². The molecule has 1 aliphatic rings. The zero-order valence-electron chi connectivity index (χ0n) is 23.6. The van der Waals surface area contributed by atoms with Gasteiger partial charge in [-0.25, -0.2) is 9.97 Å². The fourth-order valence-electron chi connectivity index (χ4n) is 5.03. The molecular formula is C34H36N4O. The van der Waals surface area contributed by atoms with Crippen molar-refractivity contribution in [3.63, 3.8) is 0 Å². The third-order valence-electron chi connectivity index (χ3n) is 7.46. The number of rotatable bonds is 4. The Morgan fingerprint density at radius 3 is 1.85 bits per heavy atom. The lowest BCUT2D eigenvalue weighted by atomic mass is 9.82. The van der Waals surface area contributed by atoms with E-state index in [0.29, 0.717) is 0 Å². The number of aromatic nitrogens is 4. The number of allylic oxidation sites excluding steroid dienone is 4. The zero-order valence-corrected chi connectivity index (χ0v) is 23.6. The third kappa shape index (κ3) is 5.14. The molecule has 5 heteroatoms. The van der Waals surface area contributed by atoms with Crippen LogP contribution in [0, 0.1) is 5.41 Å². The highest BCUT2D eigenvalue weighted by atomic mass is 16.5. The SMILES string of the molecule is CC(C)(C)C1=CC=C(Oc2ccc(-c3nc4ccc(-c5ccc6nc(C(C)(C)C)[nH]c6c5)cc4[nH]3)cc2)CC1. The predicted octanol–water partition coefficient (Wildman–Crippen LogP) is 9.10. The monoisotopic (exact) mass is 516 g/mol. The Balaban J connectivity index is 1.21. The van der Waals surface area contributed by atoms with Gasteiger partial charge in [-0.05, 0) is 77.6 Å². The Morgan fingerprint density at radius 2 is 1.26 bits per heavy atom. The number of hydrogen-bond donors (Lipinski definition) is 2. The lowest BCUT2D eigenvalue weighted by Gasteiger charge is -2.25. The lowest BCUT2D eigenvalue weighted by Crippen LogP contribution is -2.12. The molecule has 5 aromatic rings. The van der Waals surface area contributed by atoms with E-state index < -0.39 is 0 Å². The van der Waals surface area contributed by atoms with E-state index in [1.807, 2.05) is 12.1 Å². The first-order chi connectivity index (χ1) is 18.5. The molecule has 6 rings (SSSR count). The van der Waals surface area contributed by atoms with Crippen molar-refractivity contribution < 1.29 is 4.74 Å². The maximum atomic E-state index is 6.16. The zero-order chi connectivity index (χ0) is 27.4. The lowest BCUT2D eigenvalue weighted by molar-refractivity contribution is 0.388. The van der Waals surface area contributed by atoms with E-state index in [2.05, 4.69) is 112 Å². The molecule has 0 amide bonds. The fraction of sp³-hybridized carbons (Fsp3) is 0.294. The van der Waals surface area contributed by atoms with E-state index >= 15 is 0 Å². The summed E-state index contributed by atoms with van der Waals surface area (Å²) in [5.41, 5.74) is 8.97. The molecule has 2 aromatic heterocycles. The average molecular weight is 517 g/mol. The van der Waals surface area contributed by atoms with Crippen LogP contribution in [0.2, 0.25) is 0 Å². The molecule has 39 heavy (non-hydrogen) atoms. The second-order valence-corrected chi connectivity index (χ2v) is 12.6. The van der Waals surface area contributed by atoms with Crippen molar-refractivity contribution in [3.05, 3.63) is 90.0 Å².